The number of phenols is 1. The second-order valence-electron chi connectivity index (χ2n) is 17.8. The van der Waals surface area contributed by atoms with Crippen molar-refractivity contribution in [3.63, 3.8) is 0 Å². The molecule has 9 nitrogen and oxygen atoms in total. The Labute approximate surface area is 430 Å². The topological polar surface area (TPSA) is 104 Å². The van der Waals surface area contributed by atoms with Crippen molar-refractivity contribution in [3.05, 3.63) is 239 Å². The SMILES string of the molecule is CCOC(=O)COc1ccc(-c2ccc(O)c(Cc3ccccc3)c2)cc1Cc1ccccc1.CCOC(=O)COc1ccc(-c2ccc(OCCN(C)C)c(Cc3ccccc3)c2)cc1Cc1ccccc1. The van der Waals surface area contributed by atoms with Gasteiger partial charge in [0.1, 0.15) is 29.6 Å². The molecule has 0 atom stereocenters. The minimum atomic E-state index is -0.388. The molecule has 8 aromatic rings. The van der Waals surface area contributed by atoms with Crippen LogP contribution in [-0.2, 0) is 44.7 Å². The highest BCUT2D eigenvalue weighted by Crippen LogP contribution is 2.34. The van der Waals surface area contributed by atoms with Crippen LogP contribution in [0.4, 0.5) is 0 Å². The van der Waals surface area contributed by atoms with E-state index in [2.05, 4.69) is 95.9 Å². The molecule has 8 aromatic carbocycles. The summed E-state index contributed by atoms with van der Waals surface area (Å²) >= 11 is 0. The van der Waals surface area contributed by atoms with Gasteiger partial charge in [-0.3, -0.25) is 0 Å². The Morgan fingerprint density at radius 3 is 1.07 bits per heavy atom. The average molecular weight is 976 g/mol. The maximum atomic E-state index is 11.9. The van der Waals surface area contributed by atoms with Gasteiger partial charge in [0.2, 0.25) is 0 Å². The number of esters is 2. The van der Waals surface area contributed by atoms with Crippen LogP contribution in [0.3, 0.4) is 0 Å². The number of phenolic OH excluding ortho intramolecular Hbond substituents is 1. The van der Waals surface area contributed by atoms with Crippen LogP contribution in [0.15, 0.2) is 194 Å². The van der Waals surface area contributed by atoms with Crippen molar-refractivity contribution in [2.45, 2.75) is 39.5 Å². The molecule has 0 aromatic heterocycles. The first-order valence-corrected chi connectivity index (χ1v) is 24.9. The van der Waals surface area contributed by atoms with Crippen molar-refractivity contribution in [2.75, 3.05) is 53.7 Å². The highest BCUT2D eigenvalue weighted by Gasteiger charge is 2.15. The summed E-state index contributed by atoms with van der Waals surface area (Å²) in [5.74, 6) is 1.77. The first-order chi connectivity index (χ1) is 35.6. The second-order valence-corrected chi connectivity index (χ2v) is 17.8. The fourth-order valence-electron chi connectivity index (χ4n) is 8.30. The van der Waals surface area contributed by atoms with Crippen LogP contribution >= 0.6 is 0 Å². The van der Waals surface area contributed by atoms with Crippen LogP contribution in [0.2, 0.25) is 0 Å². The van der Waals surface area contributed by atoms with Crippen LogP contribution in [0.25, 0.3) is 22.3 Å². The number of benzene rings is 8. The van der Waals surface area contributed by atoms with Crippen molar-refractivity contribution in [3.8, 4) is 45.3 Å². The fourth-order valence-corrected chi connectivity index (χ4v) is 8.30. The number of aromatic hydroxyl groups is 1. The number of rotatable bonds is 22. The van der Waals surface area contributed by atoms with E-state index in [-0.39, 0.29) is 30.9 Å². The first kappa shape index (κ1) is 52.7. The molecule has 1 N–H and O–H groups in total. The van der Waals surface area contributed by atoms with Gasteiger partial charge in [-0.1, -0.05) is 146 Å². The molecule has 374 valence electrons. The molecular formula is C64H65NO8. The maximum Gasteiger partial charge on any atom is 0.344 e. The van der Waals surface area contributed by atoms with Gasteiger partial charge in [0.05, 0.1) is 13.2 Å². The Kier molecular flexibility index (Phi) is 19.8. The van der Waals surface area contributed by atoms with Gasteiger partial charge in [-0.25, -0.2) is 9.59 Å². The van der Waals surface area contributed by atoms with Gasteiger partial charge in [0.25, 0.3) is 0 Å². The van der Waals surface area contributed by atoms with Gasteiger partial charge >= 0.3 is 11.9 Å². The lowest BCUT2D eigenvalue weighted by atomic mass is 9.95. The summed E-state index contributed by atoms with van der Waals surface area (Å²) in [5, 5.41) is 10.4. The number of carbonyl (C=O) groups excluding carboxylic acids is 2. The molecule has 0 aliphatic carbocycles. The molecule has 8 rings (SSSR count). The maximum absolute atomic E-state index is 11.9. The van der Waals surface area contributed by atoms with Crippen LogP contribution in [0.1, 0.15) is 58.4 Å². The van der Waals surface area contributed by atoms with Crippen molar-refractivity contribution in [2.24, 2.45) is 0 Å². The molecule has 0 saturated carbocycles. The third-order valence-electron chi connectivity index (χ3n) is 12.0. The minimum absolute atomic E-state index is 0.116. The zero-order chi connectivity index (χ0) is 51.2. The van der Waals surface area contributed by atoms with Gasteiger partial charge in [-0.2, -0.15) is 0 Å². The van der Waals surface area contributed by atoms with E-state index in [4.69, 9.17) is 23.7 Å². The molecule has 73 heavy (non-hydrogen) atoms. The molecule has 0 aliphatic heterocycles. The number of likely N-dealkylation sites (N-methyl/N-ethyl adjacent to an activating group) is 1. The Hall–Kier alpha value is -8.14. The van der Waals surface area contributed by atoms with E-state index in [1.807, 2.05) is 111 Å². The largest absolute Gasteiger partial charge is 0.508 e. The molecule has 0 bridgehead atoms. The summed E-state index contributed by atoms with van der Waals surface area (Å²) in [6.07, 6.45) is 2.79. The molecule has 0 heterocycles. The Balaban J connectivity index is 0.000000216. The zero-order valence-electron chi connectivity index (χ0n) is 42.3. The fraction of sp³-hybridized carbons (Fsp3) is 0.219. The summed E-state index contributed by atoms with van der Waals surface area (Å²) in [6.45, 7) is 5.45. The van der Waals surface area contributed by atoms with Gasteiger partial charge in [-0.15, -0.1) is 0 Å². The standard InChI is InChI=1S/C34H37NO4.C30H28O4/c1-4-37-34(36)25-39-33-18-16-29(24-31(33)22-27-13-9-6-10-14-27)28-15-17-32(38-20-19-35(2)3)30(23-28)21-26-11-7-5-8-12-26;1-2-33-30(32)21-34-29-16-14-25(20-27(29)18-23-11-7-4-8-12-23)24-13-15-28(31)26(19-24)17-22-9-5-3-6-10-22/h5-18,23-24H,4,19-22,25H2,1-3H3;3-16,19-20,31H,2,17-18,21H2,1H3. The highest BCUT2D eigenvalue weighted by molar-refractivity contribution is 5.73. The molecule has 0 fully saturated rings. The monoisotopic (exact) mass is 975 g/mol. The van der Waals surface area contributed by atoms with Gasteiger partial charge in [-0.05, 0) is 143 Å². The lowest BCUT2D eigenvalue weighted by Crippen LogP contribution is -2.19. The van der Waals surface area contributed by atoms with Crippen LogP contribution in [0, 0.1) is 0 Å². The molecule has 0 unspecified atom stereocenters. The van der Waals surface area contributed by atoms with Gasteiger partial charge in [0, 0.05) is 32.2 Å². The summed E-state index contributed by atoms with van der Waals surface area (Å²) < 4.78 is 28.0. The summed E-state index contributed by atoms with van der Waals surface area (Å²) in [6, 6.07) is 65.2. The molecule has 0 amide bonds. The number of hydrogen-bond acceptors (Lipinski definition) is 9. The van der Waals surface area contributed by atoms with E-state index in [9.17, 15) is 14.7 Å². The lowest BCUT2D eigenvalue weighted by molar-refractivity contribution is -0.146. The molecule has 0 aliphatic rings. The predicted molar refractivity (Wildman–Crippen MR) is 291 cm³/mol. The predicted octanol–water partition coefficient (Wildman–Crippen LogP) is 12.6. The molecule has 0 spiro atoms. The molecule has 0 saturated heterocycles. The lowest BCUT2D eigenvalue weighted by Gasteiger charge is -2.17. The van der Waals surface area contributed by atoms with E-state index in [1.165, 1.54) is 11.1 Å². The summed E-state index contributed by atoms with van der Waals surface area (Å²) in [4.78, 5) is 25.9. The van der Waals surface area contributed by atoms with Crippen LogP contribution < -0.4 is 14.2 Å². The van der Waals surface area contributed by atoms with E-state index in [0.717, 1.165) is 74.3 Å². The summed E-state index contributed by atoms with van der Waals surface area (Å²) in [7, 11) is 4.09. The number of ether oxygens (including phenoxy) is 5. The number of hydrogen-bond donors (Lipinski definition) is 1. The van der Waals surface area contributed by atoms with Crippen molar-refractivity contribution in [1.82, 2.24) is 4.90 Å². The third kappa shape index (κ3) is 16.5. The van der Waals surface area contributed by atoms with Crippen LogP contribution in [-0.4, -0.2) is 75.6 Å². The van der Waals surface area contributed by atoms with Crippen LogP contribution in [0.5, 0.6) is 23.0 Å². The van der Waals surface area contributed by atoms with E-state index < -0.39 is 0 Å². The minimum Gasteiger partial charge on any atom is -0.508 e. The van der Waals surface area contributed by atoms with Gasteiger partial charge < -0.3 is 33.7 Å². The Bertz CT molecular complexity index is 2980. The first-order valence-electron chi connectivity index (χ1n) is 24.9. The van der Waals surface area contributed by atoms with Crippen molar-refractivity contribution < 1.29 is 38.4 Å². The Morgan fingerprint density at radius 1 is 0.411 bits per heavy atom. The normalized spacial score (nSPS) is 10.8. The third-order valence-corrected chi connectivity index (χ3v) is 12.0. The van der Waals surface area contributed by atoms with Gasteiger partial charge in [0.15, 0.2) is 13.2 Å². The van der Waals surface area contributed by atoms with E-state index in [0.29, 0.717) is 50.6 Å². The second kappa shape index (κ2) is 27.5. The van der Waals surface area contributed by atoms with E-state index in [1.54, 1.807) is 19.9 Å². The molecular weight excluding hydrogens is 911 g/mol. The van der Waals surface area contributed by atoms with Crippen molar-refractivity contribution >= 4 is 11.9 Å². The quantitative estimate of drug-likeness (QED) is 0.0665. The van der Waals surface area contributed by atoms with Crippen molar-refractivity contribution in [1.29, 1.82) is 0 Å². The number of nitrogens with zero attached hydrogens (tertiary/aromatic N) is 1. The smallest absolute Gasteiger partial charge is 0.344 e. The highest BCUT2D eigenvalue weighted by atomic mass is 16.6. The Morgan fingerprint density at radius 2 is 0.726 bits per heavy atom. The number of carbonyl (C=O) groups is 2. The summed E-state index contributed by atoms with van der Waals surface area (Å²) in [5.41, 5.74) is 12.9. The zero-order valence-corrected chi connectivity index (χ0v) is 42.3. The van der Waals surface area contributed by atoms with E-state index >= 15 is 0 Å². The molecule has 0 radical (unpaired) electrons. The molecule has 9 heteroatoms. The average Bonchev–Trinajstić information content (AvgIpc) is 3.40.